The van der Waals surface area contributed by atoms with Crippen LogP contribution in [0.15, 0.2) is 6.07 Å². The van der Waals surface area contributed by atoms with Crippen molar-refractivity contribution >= 4 is 0 Å². The third kappa shape index (κ3) is 1.86. The van der Waals surface area contributed by atoms with Gasteiger partial charge in [0.05, 0.1) is 0 Å². The standard InChI is InChI=1S/C10H14O.Li/c1-6-5-7(2)10(11)9(4)8(6)3;/h5,11H,1-4H3;/q;+1/p-1. The fourth-order valence-electron chi connectivity index (χ4n) is 1.26. The molecule has 0 aliphatic carbocycles. The van der Waals surface area contributed by atoms with Gasteiger partial charge in [0.2, 0.25) is 0 Å². The molecule has 0 N–H and O–H groups in total. The Labute approximate surface area is 86.0 Å². The Bertz CT molecular complexity index is 266. The summed E-state index contributed by atoms with van der Waals surface area (Å²) in [5, 5.41) is 11.3. The fraction of sp³-hybridized carbons (Fsp3) is 0.400. The van der Waals surface area contributed by atoms with Crippen molar-refractivity contribution in [2.75, 3.05) is 0 Å². The maximum atomic E-state index is 11.3. The van der Waals surface area contributed by atoms with Crippen molar-refractivity contribution in [3.8, 4) is 5.75 Å². The minimum absolute atomic E-state index is 0. The Morgan fingerprint density at radius 1 is 0.917 bits per heavy atom. The van der Waals surface area contributed by atoms with Gasteiger partial charge in [0.25, 0.3) is 0 Å². The third-order valence-electron chi connectivity index (χ3n) is 2.29. The van der Waals surface area contributed by atoms with Crippen LogP contribution in [0.5, 0.6) is 5.75 Å². The monoisotopic (exact) mass is 156 g/mol. The molecule has 0 bridgehead atoms. The van der Waals surface area contributed by atoms with Crippen molar-refractivity contribution < 1.29 is 24.0 Å². The molecule has 0 unspecified atom stereocenters. The quantitative estimate of drug-likeness (QED) is 0.442. The van der Waals surface area contributed by atoms with E-state index in [1.807, 2.05) is 33.8 Å². The summed E-state index contributed by atoms with van der Waals surface area (Å²) in [5.74, 6) is 0.188. The van der Waals surface area contributed by atoms with E-state index >= 15 is 0 Å². The summed E-state index contributed by atoms with van der Waals surface area (Å²) < 4.78 is 0. The van der Waals surface area contributed by atoms with E-state index in [4.69, 9.17) is 0 Å². The van der Waals surface area contributed by atoms with Gasteiger partial charge >= 0.3 is 18.9 Å². The normalized spacial score (nSPS) is 9.33. The van der Waals surface area contributed by atoms with Crippen LogP contribution in [0.2, 0.25) is 0 Å². The Hall–Kier alpha value is -0.383. The first-order valence-electron chi connectivity index (χ1n) is 3.78. The van der Waals surface area contributed by atoms with E-state index in [9.17, 15) is 5.11 Å². The van der Waals surface area contributed by atoms with Gasteiger partial charge in [-0.1, -0.05) is 17.2 Å². The number of benzene rings is 1. The Morgan fingerprint density at radius 2 is 1.42 bits per heavy atom. The summed E-state index contributed by atoms with van der Waals surface area (Å²) >= 11 is 0. The molecule has 0 spiro atoms. The third-order valence-corrected chi connectivity index (χ3v) is 2.29. The summed E-state index contributed by atoms with van der Waals surface area (Å²) in [7, 11) is 0. The molecule has 1 aromatic carbocycles. The molecule has 0 aromatic heterocycles. The van der Waals surface area contributed by atoms with Gasteiger partial charge < -0.3 is 5.11 Å². The van der Waals surface area contributed by atoms with Gasteiger partial charge in [0.15, 0.2) is 0 Å². The van der Waals surface area contributed by atoms with Crippen LogP contribution in [0.3, 0.4) is 0 Å². The first-order valence-corrected chi connectivity index (χ1v) is 3.78. The van der Waals surface area contributed by atoms with Gasteiger partial charge in [0.1, 0.15) is 0 Å². The van der Waals surface area contributed by atoms with Crippen LogP contribution in [0.1, 0.15) is 22.3 Å². The van der Waals surface area contributed by atoms with Crippen LogP contribution in [-0.4, -0.2) is 0 Å². The molecular weight excluding hydrogens is 143 g/mol. The Morgan fingerprint density at radius 3 is 1.92 bits per heavy atom. The summed E-state index contributed by atoms with van der Waals surface area (Å²) in [6, 6.07) is 1.95. The number of rotatable bonds is 0. The van der Waals surface area contributed by atoms with Crippen LogP contribution in [0.25, 0.3) is 0 Å². The van der Waals surface area contributed by atoms with Crippen LogP contribution in [0, 0.1) is 27.7 Å². The van der Waals surface area contributed by atoms with Crippen molar-refractivity contribution in [2.24, 2.45) is 0 Å². The predicted molar refractivity (Wildman–Crippen MR) is 44.8 cm³/mol. The predicted octanol–water partition coefficient (Wildman–Crippen LogP) is -1.00. The molecule has 0 saturated heterocycles. The van der Waals surface area contributed by atoms with Crippen LogP contribution in [0.4, 0.5) is 0 Å². The minimum Gasteiger partial charge on any atom is -0.872 e. The minimum atomic E-state index is 0. The fourth-order valence-corrected chi connectivity index (χ4v) is 1.26. The second kappa shape index (κ2) is 4.03. The van der Waals surface area contributed by atoms with Gasteiger partial charge in [0, 0.05) is 0 Å². The van der Waals surface area contributed by atoms with E-state index in [0.29, 0.717) is 0 Å². The van der Waals surface area contributed by atoms with Crippen molar-refractivity contribution in [1.29, 1.82) is 0 Å². The summed E-state index contributed by atoms with van der Waals surface area (Å²) in [4.78, 5) is 0. The second-order valence-corrected chi connectivity index (χ2v) is 3.09. The zero-order chi connectivity index (χ0) is 8.59. The summed E-state index contributed by atoms with van der Waals surface area (Å²) in [5.41, 5.74) is 4.08. The van der Waals surface area contributed by atoms with E-state index in [0.717, 1.165) is 16.7 Å². The maximum absolute atomic E-state index is 11.3. The molecule has 0 amide bonds. The second-order valence-electron chi connectivity index (χ2n) is 3.09. The Balaban J connectivity index is 0.00000121. The maximum Gasteiger partial charge on any atom is 1.00 e. The molecule has 0 aliphatic heterocycles. The molecule has 0 atom stereocenters. The zero-order valence-electron chi connectivity index (χ0n) is 8.49. The average Bonchev–Trinajstić information content (AvgIpc) is 1.97. The smallest absolute Gasteiger partial charge is 0.872 e. The SMILES string of the molecule is Cc1cc(C)c([O-])c(C)c1C.[Li+]. The van der Waals surface area contributed by atoms with E-state index in [1.54, 1.807) is 0 Å². The molecule has 2 heteroatoms. The molecule has 0 aliphatic rings. The van der Waals surface area contributed by atoms with E-state index in [2.05, 4.69) is 0 Å². The van der Waals surface area contributed by atoms with Crippen molar-refractivity contribution in [1.82, 2.24) is 0 Å². The van der Waals surface area contributed by atoms with E-state index < -0.39 is 0 Å². The van der Waals surface area contributed by atoms with Gasteiger partial charge in [-0.05, 0) is 38.8 Å². The summed E-state index contributed by atoms with van der Waals surface area (Å²) in [6.07, 6.45) is 0. The first-order chi connectivity index (χ1) is 5.04. The van der Waals surface area contributed by atoms with E-state index in [1.165, 1.54) is 5.56 Å². The number of hydrogen-bond acceptors (Lipinski definition) is 1. The largest absolute Gasteiger partial charge is 1.00 e. The summed E-state index contributed by atoms with van der Waals surface area (Å²) in [6.45, 7) is 7.78. The molecule has 1 nitrogen and oxygen atoms in total. The molecule has 1 aromatic rings. The molecule has 0 radical (unpaired) electrons. The Kier molecular flexibility index (Phi) is 3.90. The van der Waals surface area contributed by atoms with Gasteiger partial charge in [-0.2, -0.15) is 0 Å². The van der Waals surface area contributed by atoms with Gasteiger partial charge in [-0.15, -0.1) is 5.75 Å². The van der Waals surface area contributed by atoms with Crippen molar-refractivity contribution in [3.63, 3.8) is 0 Å². The van der Waals surface area contributed by atoms with Crippen LogP contribution in [-0.2, 0) is 0 Å². The molecule has 0 fully saturated rings. The molecule has 60 valence electrons. The van der Waals surface area contributed by atoms with Gasteiger partial charge in [-0.3, -0.25) is 0 Å². The number of hydrogen-bond donors (Lipinski definition) is 0. The zero-order valence-corrected chi connectivity index (χ0v) is 8.49. The van der Waals surface area contributed by atoms with E-state index in [-0.39, 0.29) is 24.6 Å². The molecular formula is C10H13LiO. The molecule has 1 rings (SSSR count). The topological polar surface area (TPSA) is 23.1 Å². The van der Waals surface area contributed by atoms with Crippen LogP contribution >= 0.6 is 0 Å². The number of aryl methyl sites for hydroxylation is 2. The molecule has 0 heterocycles. The molecule has 12 heavy (non-hydrogen) atoms. The first kappa shape index (κ1) is 11.6. The van der Waals surface area contributed by atoms with Gasteiger partial charge in [-0.25, -0.2) is 0 Å². The van der Waals surface area contributed by atoms with Crippen molar-refractivity contribution in [3.05, 3.63) is 28.3 Å². The van der Waals surface area contributed by atoms with Crippen molar-refractivity contribution in [2.45, 2.75) is 27.7 Å². The molecule has 0 saturated carbocycles. The van der Waals surface area contributed by atoms with Crippen LogP contribution < -0.4 is 24.0 Å². The average molecular weight is 156 g/mol.